The van der Waals surface area contributed by atoms with Crippen LogP contribution >= 0.6 is 0 Å². The molecule has 0 aromatic heterocycles. The number of nitrogens with two attached hydrogens (primary N) is 1. The summed E-state index contributed by atoms with van der Waals surface area (Å²) in [5.74, 6) is -0.176. The minimum atomic E-state index is -3.43. The third-order valence-electron chi connectivity index (χ3n) is 5.39. The third-order valence-corrected chi connectivity index (χ3v) is 7.39. The number of carbonyl (C=O) groups excluding carboxylic acids is 1. The molecule has 1 heterocycles. The predicted octanol–water partition coefficient (Wildman–Crippen LogP) is 1.30. The lowest BCUT2D eigenvalue weighted by atomic mass is 9.95. The fourth-order valence-corrected chi connectivity index (χ4v) is 5.50. The molecule has 0 radical (unpaired) electrons. The molecule has 6 heteroatoms. The molecular weight excluding hydrogens is 312 g/mol. The molecule has 23 heavy (non-hydrogen) atoms. The van der Waals surface area contributed by atoms with Crippen molar-refractivity contribution in [2.75, 3.05) is 19.3 Å². The largest absolute Gasteiger partial charge is 0.339 e. The zero-order chi connectivity index (χ0) is 16.7. The first kappa shape index (κ1) is 16.5. The summed E-state index contributed by atoms with van der Waals surface area (Å²) in [4.78, 5) is 14.7. The van der Waals surface area contributed by atoms with Gasteiger partial charge in [0.25, 0.3) is 0 Å². The molecule has 0 bridgehead atoms. The summed E-state index contributed by atoms with van der Waals surface area (Å²) in [5.41, 5.74) is 7.35. The molecule has 5 nitrogen and oxygen atoms in total. The van der Waals surface area contributed by atoms with Gasteiger partial charge in [0.05, 0.1) is 0 Å². The Balaban J connectivity index is 1.84. The number of nitrogens with zero attached hydrogens (tertiary/aromatic N) is 1. The van der Waals surface area contributed by atoms with Crippen molar-refractivity contribution in [3.05, 3.63) is 35.9 Å². The Morgan fingerprint density at radius 3 is 2.35 bits per heavy atom. The average Bonchev–Trinajstić information content (AvgIpc) is 3.14. The summed E-state index contributed by atoms with van der Waals surface area (Å²) in [6, 6.07) is 9.74. The van der Waals surface area contributed by atoms with E-state index >= 15 is 0 Å². The van der Waals surface area contributed by atoms with Gasteiger partial charge in [-0.1, -0.05) is 43.2 Å². The second kappa shape index (κ2) is 5.91. The van der Waals surface area contributed by atoms with Crippen LogP contribution in [0.2, 0.25) is 0 Å². The van der Waals surface area contributed by atoms with Crippen LogP contribution in [0.3, 0.4) is 0 Å². The van der Waals surface area contributed by atoms with Gasteiger partial charge in [0.2, 0.25) is 5.91 Å². The van der Waals surface area contributed by atoms with Crippen LogP contribution in [0.15, 0.2) is 30.3 Å². The van der Waals surface area contributed by atoms with Crippen molar-refractivity contribution in [2.24, 2.45) is 5.73 Å². The fraction of sp³-hybridized carbons (Fsp3) is 0.588. The molecule has 1 aromatic rings. The molecule has 1 amide bonds. The number of sulfone groups is 1. The van der Waals surface area contributed by atoms with Gasteiger partial charge in [-0.3, -0.25) is 4.79 Å². The van der Waals surface area contributed by atoms with E-state index in [1.807, 2.05) is 30.3 Å². The number of likely N-dealkylation sites (tertiary alicyclic amines) is 1. The van der Waals surface area contributed by atoms with E-state index in [2.05, 4.69) is 0 Å². The lowest BCUT2D eigenvalue weighted by molar-refractivity contribution is -0.132. The second-order valence-electron chi connectivity index (χ2n) is 6.86. The van der Waals surface area contributed by atoms with Crippen molar-refractivity contribution in [1.29, 1.82) is 0 Å². The summed E-state index contributed by atoms with van der Waals surface area (Å²) < 4.78 is 23.4. The molecule has 1 saturated carbocycles. The first-order valence-electron chi connectivity index (χ1n) is 8.15. The Morgan fingerprint density at radius 2 is 1.78 bits per heavy atom. The van der Waals surface area contributed by atoms with Crippen LogP contribution in [0.5, 0.6) is 0 Å². The number of hydrogen-bond acceptors (Lipinski definition) is 4. The van der Waals surface area contributed by atoms with Gasteiger partial charge in [-0.25, -0.2) is 8.42 Å². The van der Waals surface area contributed by atoms with Crippen LogP contribution in [0.25, 0.3) is 0 Å². The van der Waals surface area contributed by atoms with Gasteiger partial charge >= 0.3 is 0 Å². The Labute approximate surface area is 137 Å². The van der Waals surface area contributed by atoms with Crippen LogP contribution < -0.4 is 5.73 Å². The lowest BCUT2D eigenvalue weighted by Gasteiger charge is -2.30. The Bertz CT molecular complexity index is 681. The van der Waals surface area contributed by atoms with Crippen molar-refractivity contribution < 1.29 is 13.2 Å². The van der Waals surface area contributed by atoms with E-state index < -0.39 is 14.6 Å². The maximum absolute atomic E-state index is 13.0. The van der Waals surface area contributed by atoms with E-state index in [4.69, 9.17) is 5.73 Å². The molecule has 1 aromatic carbocycles. The standard InChI is InChI=1S/C17H24N2O3S/c1-23(21,22)17(9-5-6-10-17)16(20)19-11-14(15(18)12-19)13-7-3-2-4-8-13/h2-4,7-8,14-15H,5-6,9-12,18H2,1H3/t14-,15+/m0/s1. The van der Waals surface area contributed by atoms with E-state index in [1.54, 1.807) is 4.90 Å². The highest BCUT2D eigenvalue weighted by molar-refractivity contribution is 7.92. The first-order chi connectivity index (χ1) is 10.8. The second-order valence-corrected chi connectivity index (χ2v) is 9.19. The van der Waals surface area contributed by atoms with Crippen molar-refractivity contribution >= 4 is 15.7 Å². The molecule has 3 rings (SSSR count). The van der Waals surface area contributed by atoms with Crippen LogP contribution in [-0.4, -0.2) is 49.4 Å². The Kier molecular flexibility index (Phi) is 4.23. The molecule has 1 saturated heterocycles. The summed E-state index contributed by atoms with van der Waals surface area (Å²) in [7, 11) is -3.43. The van der Waals surface area contributed by atoms with Gasteiger partial charge in [0.1, 0.15) is 0 Å². The van der Waals surface area contributed by atoms with E-state index in [0.29, 0.717) is 25.9 Å². The van der Waals surface area contributed by atoms with Crippen LogP contribution in [0.1, 0.15) is 37.2 Å². The van der Waals surface area contributed by atoms with Gasteiger partial charge < -0.3 is 10.6 Å². The van der Waals surface area contributed by atoms with Crippen molar-refractivity contribution in [1.82, 2.24) is 4.90 Å². The lowest BCUT2D eigenvalue weighted by Crippen LogP contribution is -2.51. The van der Waals surface area contributed by atoms with Gasteiger partial charge in [-0.15, -0.1) is 0 Å². The average molecular weight is 336 g/mol. The maximum Gasteiger partial charge on any atom is 0.244 e. The molecule has 126 valence electrons. The summed E-state index contributed by atoms with van der Waals surface area (Å²) >= 11 is 0. The first-order valence-corrected chi connectivity index (χ1v) is 10.0. The van der Waals surface area contributed by atoms with Crippen molar-refractivity contribution in [3.8, 4) is 0 Å². The minimum absolute atomic E-state index is 0.0677. The Morgan fingerprint density at radius 1 is 1.17 bits per heavy atom. The highest BCUT2D eigenvalue weighted by Crippen LogP contribution is 2.40. The summed E-state index contributed by atoms with van der Waals surface area (Å²) in [6.07, 6.45) is 3.65. The van der Waals surface area contributed by atoms with E-state index in [9.17, 15) is 13.2 Å². The number of benzene rings is 1. The highest BCUT2D eigenvalue weighted by atomic mass is 32.2. The smallest absolute Gasteiger partial charge is 0.244 e. The summed E-state index contributed by atoms with van der Waals surface area (Å²) in [6.45, 7) is 0.928. The minimum Gasteiger partial charge on any atom is -0.339 e. The number of rotatable bonds is 3. The molecule has 1 aliphatic heterocycles. The topological polar surface area (TPSA) is 80.5 Å². The van der Waals surface area contributed by atoms with Crippen molar-refractivity contribution in [2.45, 2.75) is 42.4 Å². The predicted molar refractivity (Wildman–Crippen MR) is 89.8 cm³/mol. The van der Waals surface area contributed by atoms with Gasteiger partial charge in [-0.05, 0) is 18.4 Å². The summed E-state index contributed by atoms with van der Waals surface area (Å²) in [5, 5.41) is 0. The van der Waals surface area contributed by atoms with Crippen molar-refractivity contribution in [3.63, 3.8) is 0 Å². The third kappa shape index (κ3) is 2.78. The number of amides is 1. The zero-order valence-corrected chi connectivity index (χ0v) is 14.3. The SMILES string of the molecule is CS(=O)(=O)C1(C(=O)N2C[C@@H](N)[C@H](c3ccccc3)C2)CCCC1. The maximum atomic E-state index is 13.0. The van der Waals surface area contributed by atoms with E-state index in [0.717, 1.165) is 18.4 Å². The molecule has 0 unspecified atom stereocenters. The number of carbonyl (C=O) groups is 1. The molecular formula is C17H24N2O3S. The van der Waals surface area contributed by atoms with Gasteiger partial charge in [0.15, 0.2) is 14.6 Å². The van der Waals surface area contributed by atoms with Crippen LogP contribution in [-0.2, 0) is 14.6 Å². The van der Waals surface area contributed by atoms with Crippen LogP contribution in [0.4, 0.5) is 0 Å². The van der Waals surface area contributed by atoms with Gasteiger partial charge in [0, 0.05) is 31.3 Å². The van der Waals surface area contributed by atoms with E-state index in [-0.39, 0.29) is 17.9 Å². The molecule has 2 N–H and O–H groups in total. The van der Waals surface area contributed by atoms with E-state index in [1.165, 1.54) is 6.26 Å². The number of hydrogen-bond donors (Lipinski definition) is 1. The Hall–Kier alpha value is -1.40. The quantitative estimate of drug-likeness (QED) is 0.902. The molecule has 2 atom stereocenters. The molecule has 2 aliphatic rings. The highest BCUT2D eigenvalue weighted by Gasteiger charge is 2.53. The fourth-order valence-electron chi connectivity index (χ4n) is 4.03. The molecule has 2 fully saturated rings. The van der Waals surface area contributed by atoms with Crippen LogP contribution in [0, 0.1) is 0 Å². The molecule has 0 spiro atoms. The normalized spacial score (nSPS) is 27.3. The monoisotopic (exact) mass is 336 g/mol. The zero-order valence-electron chi connectivity index (χ0n) is 13.4. The molecule has 1 aliphatic carbocycles. The van der Waals surface area contributed by atoms with Gasteiger partial charge in [-0.2, -0.15) is 0 Å².